The van der Waals surface area contributed by atoms with Crippen LogP contribution in [-0.2, 0) is 4.79 Å². The summed E-state index contributed by atoms with van der Waals surface area (Å²) in [4.78, 5) is 10.3. The van der Waals surface area contributed by atoms with E-state index in [1.165, 1.54) is 24.5 Å². The molecule has 0 bridgehead atoms. The Labute approximate surface area is 106 Å². The van der Waals surface area contributed by atoms with Gasteiger partial charge in [0.05, 0.1) is 0 Å². The maximum Gasteiger partial charge on any atom is 0.143 e. The van der Waals surface area contributed by atoms with Crippen LogP contribution in [0, 0.1) is 11.3 Å². The van der Waals surface area contributed by atoms with Gasteiger partial charge >= 0.3 is 0 Å². The normalized spacial score (nSPS) is 25.6. The molecule has 0 aliphatic heterocycles. The highest BCUT2D eigenvalue weighted by Crippen LogP contribution is 2.41. The summed E-state index contributed by atoms with van der Waals surface area (Å²) in [7, 11) is 0. The van der Waals surface area contributed by atoms with Crippen LogP contribution in [0.5, 0.6) is 0 Å². The van der Waals surface area contributed by atoms with Crippen molar-refractivity contribution in [1.82, 2.24) is 0 Å². The molecule has 1 aliphatic carbocycles. The molecule has 1 unspecified atom stereocenters. The number of rotatable bonds is 3. The first kappa shape index (κ1) is 13.4. The third-order valence-electron chi connectivity index (χ3n) is 3.26. The molecule has 0 aromatic rings. The lowest BCUT2D eigenvalue weighted by atomic mass is 9.68. The van der Waals surface area contributed by atoms with Crippen molar-refractivity contribution in [3.63, 3.8) is 0 Å². The second-order valence-corrected chi connectivity index (χ2v) is 5.92. The molecular formula is C14H19BrO. The van der Waals surface area contributed by atoms with Gasteiger partial charge in [0.25, 0.3) is 0 Å². The molecule has 1 atom stereocenters. The van der Waals surface area contributed by atoms with Gasteiger partial charge < -0.3 is 0 Å². The molecule has 0 aromatic heterocycles. The predicted octanol–water partition coefficient (Wildman–Crippen LogP) is 4.40. The minimum atomic E-state index is 0.309. The average Bonchev–Trinajstić information content (AvgIpc) is 2.16. The summed E-state index contributed by atoms with van der Waals surface area (Å²) in [5, 5.41) is 0. The standard InChI is InChI=1S/C14H19BrO/c1-11-5-4-9-14(2,3)13(11)7-6-12(15)8-10-16/h5-8,10,13H,4,9H2,1-3H3/b7-6+,12-8-. The smallest absolute Gasteiger partial charge is 0.143 e. The molecule has 0 spiro atoms. The molecule has 0 saturated carbocycles. The van der Waals surface area contributed by atoms with Crippen molar-refractivity contribution in [3.8, 4) is 0 Å². The summed E-state index contributed by atoms with van der Waals surface area (Å²) in [6, 6.07) is 0. The first-order valence-electron chi connectivity index (χ1n) is 5.63. The molecule has 16 heavy (non-hydrogen) atoms. The van der Waals surface area contributed by atoms with Crippen molar-refractivity contribution < 1.29 is 4.79 Å². The second kappa shape index (κ2) is 5.62. The number of hydrogen-bond donors (Lipinski definition) is 0. The van der Waals surface area contributed by atoms with Crippen LogP contribution in [0.2, 0.25) is 0 Å². The van der Waals surface area contributed by atoms with E-state index in [4.69, 9.17) is 0 Å². The van der Waals surface area contributed by atoms with Gasteiger partial charge in [0, 0.05) is 10.4 Å². The van der Waals surface area contributed by atoms with Gasteiger partial charge in [-0.05, 0) is 31.3 Å². The summed E-state index contributed by atoms with van der Waals surface area (Å²) in [5.74, 6) is 0.467. The molecule has 1 aliphatic rings. The summed E-state index contributed by atoms with van der Waals surface area (Å²) < 4.78 is 0.830. The topological polar surface area (TPSA) is 17.1 Å². The lowest BCUT2D eigenvalue weighted by Gasteiger charge is -2.36. The van der Waals surface area contributed by atoms with Crippen LogP contribution in [0.15, 0.2) is 34.4 Å². The van der Waals surface area contributed by atoms with E-state index in [1.807, 2.05) is 6.08 Å². The second-order valence-electron chi connectivity index (χ2n) is 5.00. The van der Waals surface area contributed by atoms with Crippen molar-refractivity contribution in [2.75, 3.05) is 0 Å². The van der Waals surface area contributed by atoms with Crippen LogP contribution in [0.4, 0.5) is 0 Å². The lowest BCUT2D eigenvalue weighted by molar-refractivity contribution is -0.104. The summed E-state index contributed by atoms with van der Waals surface area (Å²) in [6.07, 6.45) is 11.2. The van der Waals surface area contributed by atoms with E-state index in [1.54, 1.807) is 0 Å². The molecule has 0 N–H and O–H groups in total. The molecule has 0 aromatic carbocycles. The Morgan fingerprint density at radius 2 is 2.25 bits per heavy atom. The molecule has 2 heteroatoms. The van der Waals surface area contributed by atoms with Gasteiger partial charge in [-0.3, -0.25) is 4.79 Å². The van der Waals surface area contributed by atoms with Gasteiger partial charge in [-0.1, -0.05) is 53.6 Å². The first-order valence-corrected chi connectivity index (χ1v) is 6.42. The third kappa shape index (κ3) is 3.44. The zero-order valence-corrected chi connectivity index (χ0v) is 11.8. The number of carbonyl (C=O) groups is 1. The fourth-order valence-electron chi connectivity index (χ4n) is 2.29. The van der Waals surface area contributed by atoms with Gasteiger partial charge in [-0.15, -0.1) is 0 Å². The maximum atomic E-state index is 10.3. The Hall–Kier alpha value is -0.630. The maximum absolute atomic E-state index is 10.3. The highest BCUT2D eigenvalue weighted by atomic mass is 79.9. The van der Waals surface area contributed by atoms with E-state index in [0.717, 1.165) is 10.8 Å². The minimum Gasteiger partial charge on any atom is -0.299 e. The van der Waals surface area contributed by atoms with Crippen LogP contribution in [0.1, 0.15) is 33.6 Å². The predicted molar refractivity (Wildman–Crippen MR) is 72.5 cm³/mol. The van der Waals surface area contributed by atoms with Crippen LogP contribution < -0.4 is 0 Å². The van der Waals surface area contributed by atoms with Crippen molar-refractivity contribution in [1.29, 1.82) is 0 Å². The Morgan fingerprint density at radius 1 is 1.56 bits per heavy atom. The van der Waals surface area contributed by atoms with E-state index in [9.17, 15) is 4.79 Å². The zero-order chi connectivity index (χ0) is 12.2. The number of carbonyl (C=O) groups excluding carboxylic acids is 1. The van der Waals surface area contributed by atoms with Gasteiger partial charge in [0.1, 0.15) is 6.29 Å². The third-order valence-corrected chi connectivity index (χ3v) is 3.79. The van der Waals surface area contributed by atoms with Crippen molar-refractivity contribution in [2.45, 2.75) is 33.6 Å². The quantitative estimate of drug-likeness (QED) is 0.325. The number of hydrogen-bond acceptors (Lipinski definition) is 1. The highest BCUT2D eigenvalue weighted by molar-refractivity contribution is 9.11. The Kier molecular flexibility index (Phi) is 4.72. The zero-order valence-electron chi connectivity index (χ0n) is 10.2. The molecule has 0 fully saturated rings. The first-order chi connectivity index (χ1) is 7.47. The highest BCUT2D eigenvalue weighted by Gasteiger charge is 2.30. The SMILES string of the molecule is CC1=CCCC(C)(C)C1/C=C/C(Br)=C/C=O. The van der Waals surface area contributed by atoms with Crippen molar-refractivity contribution in [2.24, 2.45) is 11.3 Å². The minimum absolute atomic E-state index is 0.309. The van der Waals surface area contributed by atoms with Gasteiger partial charge in [0.2, 0.25) is 0 Å². The van der Waals surface area contributed by atoms with E-state index in [0.29, 0.717) is 11.3 Å². The van der Waals surface area contributed by atoms with Crippen molar-refractivity contribution >= 4 is 22.2 Å². The van der Waals surface area contributed by atoms with Gasteiger partial charge in [-0.25, -0.2) is 0 Å². The number of halogens is 1. The molecule has 0 saturated heterocycles. The number of aldehydes is 1. The van der Waals surface area contributed by atoms with Crippen molar-refractivity contribution in [3.05, 3.63) is 34.4 Å². The van der Waals surface area contributed by atoms with Crippen LogP contribution in [-0.4, -0.2) is 6.29 Å². The van der Waals surface area contributed by atoms with Crippen LogP contribution in [0.25, 0.3) is 0 Å². The van der Waals surface area contributed by atoms with Crippen LogP contribution >= 0.6 is 15.9 Å². The Balaban J connectivity index is 2.85. The molecule has 1 rings (SSSR count). The summed E-state index contributed by atoms with van der Waals surface area (Å²) >= 11 is 3.35. The molecule has 0 heterocycles. The van der Waals surface area contributed by atoms with E-state index in [-0.39, 0.29) is 0 Å². The van der Waals surface area contributed by atoms with E-state index < -0.39 is 0 Å². The monoisotopic (exact) mass is 282 g/mol. The molecular weight excluding hydrogens is 264 g/mol. The average molecular weight is 283 g/mol. The van der Waals surface area contributed by atoms with E-state index in [2.05, 4.69) is 48.9 Å². The fourth-order valence-corrected chi connectivity index (χ4v) is 2.55. The van der Waals surface area contributed by atoms with E-state index >= 15 is 0 Å². The summed E-state index contributed by atoms with van der Waals surface area (Å²) in [5.41, 5.74) is 1.74. The fraction of sp³-hybridized carbons (Fsp3) is 0.500. The molecule has 0 radical (unpaired) electrons. The summed E-state index contributed by atoms with van der Waals surface area (Å²) in [6.45, 7) is 6.79. The lowest BCUT2D eigenvalue weighted by Crippen LogP contribution is -2.26. The molecule has 88 valence electrons. The Morgan fingerprint density at radius 3 is 2.81 bits per heavy atom. The molecule has 0 amide bonds. The molecule has 1 nitrogen and oxygen atoms in total. The van der Waals surface area contributed by atoms with Gasteiger partial charge in [0.15, 0.2) is 0 Å². The van der Waals surface area contributed by atoms with Crippen LogP contribution in [0.3, 0.4) is 0 Å². The Bertz CT molecular complexity index is 348. The largest absolute Gasteiger partial charge is 0.299 e. The number of allylic oxidation sites excluding steroid dienone is 6. The van der Waals surface area contributed by atoms with Gasteiger partial charge in [-0.2, -0.15) is 0 Å².